The third kappa shape index (κ3) is 3.30. The number of anilines is 1. The number of hydrogen-bond acceptors (Lipinski definition) is 3. The highest BCUT2D eigenvalue weighted by Gasteiger charge is 2.37. The number of thioether (sulfide) groups is 1. The molecule has 6 heteroatoms. The summed E-state index contributed by atoms with van der Waals surface area (Å²) in [4.78, 5) is 12.6. The van der Waals surface area contributed by atoms with Gasteiger partial charge in [-0.1, -0.05) is 12.2 Å². The lowest BCUT2D eigenvalue weighted by atomic mass is 10.0. The first-order valence-electron chi connectivity index (χ1n) is 5.97. The summed E-state index contributed by atoms with van der Waals surface area (Å²) in [5.74, 6) is 1.10. The molecule has 1 amide bonds. The van der Waals surface area contributed by atoms with Crippen LogP contribution in [0.3, 0.4) is 0 Å². The summed E-state index contributed by atoms with van der Waals surface area (Å²) in [6, 6.07) is 5.45. The SMILES string of the molecule is CC1(C(=O)Nc2ccc(C(N)=S)cc2Br)CCCS1. The molecule has 0 radical (unpaired) electrons. The van der Waals surface area contributed by atoms with Crippen LogP contribution in [0, 0.1) is 0 Å². The fraction of sp³-hybridized carbons (Fsp3) is 0.385. The van der Waals surface area contributed by atoms with Crippen LogP contribution in [0.1, 0.15) is 25.3 Å². The third-order valence-electron chi connectivity index (χ3n) is 3.20. The zero-order valence-electron chi connectivity index (χ0n) is 10.5. The van der Waals surface area contributed by atoms with Gasteiger partial charge in [-0.3, -0.25) is 4.79 Å². The molecule has 102 valence electrons. The maximum absolute atomic E-state index is 12.3. The van der Waals surface area contributed by atoms with Crippen LogP contribution in [0.4, 0.5) is 5.69 Å². The number of amides is 1. The molecule has 1 unspecified atom stereocenters. The standard InChI is InChI=1S/C13H15BrN2OS2/c1-13(5-2-6-19-13)12(17)16-10-4-3-8(11(15)18)7-9(10)14/h3-4,7H,2,5-6H2,1H3,(H2,15,18)(H,16,17). The van der Waals surface area contributed by atoms with Crippen molar-refractivity contribution in [3.63, 3.8) is 0 Å². The Bertz CT molecular complexity index is 527. The van der Waals surface area contributed by atoms with Crippen LogP contribution in [0.2, 0.25) is 0 Å². The lowest BCUT2D eigenvalue weighted by Crippen LogP contribution is -2.34. The van der Waals surface area contributed by atoms with Crippen molar-refractivity contribution in [1.82, 2.24) is 0 Å². The van der Waals surface area contributed by atoms with Gasteiger partial charge >= 0.3 is 0 Å². The molecular weight excluding hydrogens is 344 g/mol. The van der Waals surface area contributed by atoms with Crippen molar-refractivity contribution in [3.05, 3.63) is 28.2 Å². The van der Waals surface area contributed by atoms with E-state index in [2.05, 4.69) is 21.2 Å². The number of carbonyl (C=O) groups excluding carboxylic acids is 1. The first kappa shape index (κ1) is 14.8. The molecule has 1 aliphatic rings. The average molecular weight is 359 g/mol. The second-order valence-corrected chi connectivity index (χ2v) is 7.59. The van der Waals surface area contributed by atoms with Gasteiger partial charge in [0.15, 0.2) is 0 Å². The Labute approximate surface area is 130 Å². The molecule has 1 aromatic carbocycles. The Morgan fingerprint density at radius 2 is 2.32 bits per heavy atom. The largest absolute Gasteiger partial charge is 0.389 e. The molecule has 1 aliphatic heterocycles. The van der Waals surface area contributed by atoms with E-state index in [1.165, 1.54) is 0 Å². The van der Waals surface area contributed by atoms with Crippen molar-refractivity contribution < 1.29 is 4.79 Å². The highest BCUT2D eigenvalue weighted by Crippen LogP contribution is 2.39. The molecule has 0 spiro atoms. The van der Waals surface area contributed by atoms with E-state index in [0.29, 0.717) is 4.99 Å². The molecule has 1 saturated heterocycles. The van der Waals surface area contributed by atoms with Crippen molar-refractivity contribution in [1.29, 1.82) is 0 Å². The monoisotopic (exact) mass is 358 g/mol. The highest BCUT2D eigenvalue weighted by molar-refractivity contribution is 9.10. The van der Waals surface area contributed by atoms with Gasteiger partial charge in [0.1, 0.15) is 4.99 Å². The van der Waals surface area contributed by atoms with Crippen LogP contribution < -0.4 is 11.1 Å². The molecule has 1 heterocycles. The second kappa shape index (κ2) is 5.81. The summed E-state index contributed by atoms with van der Waals surface area (Å²) in [6.07, 6.45) is 2.02. The average Bonchev–Trinajstić information content (AvgIpc) is 2.80. The summed E-state index contributed by atoms with van der Waals surface area (Å²) < 4.78 is 0.471. The number of nitrogens with one attached hydrogen (secondary N) is 1. The Balaban J connectivity index is 2.15. The quantitative estimate of drug-likeness (QED) is 0.813. The molecule has 0 saturated carbocycles. The van der Waals surface area contributed by atoms with E-state index < -0.39 is 0 Å². The van der Waals surface area contributed by atoms with E-state index in [0.717, 1.165) is 34.3 Å². The third-order valence-corrected chi connectivity index (χ3v) is 5.61. The van der Waals surface area contributed by atoms with Gasteiger partial charge in [0.05, 0.1) is 10.4 Å². The summed E-state index contributed by atoms with van der Waals surface area (Å²) in [7, 11) is 0. The van der Waals surface area contributed by atoms with Crippen LogP contribution in [0.15, 0.2) is 22.7 Å². The van der Waals surface area contributed by atoms with E-state index in [1.807, 2.05) is 25.1 Å². The van der Waals surface area contributed by atoms with Crippen LogP contribution >= 0.6 is 39.9 Å². The Morgan fingerprint density at radius 3 is 2.84 bits per heavy atom. The van der Waals surface area contributed by atoms with Gasteiger partial charge in [-0.05, 0) is 59.6 Å². The van der Waals surface area contributed by atoms with Gasteiger partial charge < -0.3 is 11.1 Å². The van der Waals surface area contributed by atoms with E-state index in [-0.39, 0.29) is 10.7 Å². The summed E-state index contributed by atoms with van der Waals surface area (Å²) in [5.41, 5.74) is 7.10. The van der Waals surface area contributed by atoms with Crippen LogP contribution in [0.25, 0.3) is 0 Å². The molecular formula is C13H15BrN2OS2. The molecule has 1 fully saturated rings. The maximum Gasteiger partial charge on any atom is 0.240 e. The van der Waals surface area contributed by atoms with Crippen molar-refractivity contribution >= 4 is 56.5 Å². The first-order chi connectivity index (χ1) is 8.92. The number of nitrogens with two attached hydrogens (primary N) is 1. The minimum atomic E-state index is -0.318. The van der Waals surface area contributed by atoms with Crippen molar-refractivity contribution in [2.24, 2.45) is 5.73 Å². The van der Waals surface area contributed by atoms with Crippen LogP contribution in [-0.2, 0) is 4.79 Å². The number of benzene rings is 1. The molecule has 1 aromatic rings. The van der Waals surface area contributed by atoms with Gasteiger partial charge in [-0.2, -0.15) is 0 Å². The van der Waals surface area contributed by atoms with E-state index in [1.54, 1.807) is 11.8 Å². The smallest absolute Gasteiger partial charge is 0.240 e. The van der Waals surface area contributed by atoms with E-state index >= 15 is 0 Å². The lowest BCUT2D eigenvalue weighted by molar-refractivity contribution is -0.118. The number of carbonyl (C=O) groups is 1. The van der Waals surface area contributed by atoms with Gasteiger partial charge in [-0.25, -0.2) is 0 Å². The molecule has 2 rings (SSSR count). The lowest BCUT2D eigenvalue weighted by Gasteiger charge is -2.22. The molecule has 1 atom stereocenters. The predicted octanol–water partition coefficient (Wildman–Crippen LogP) is 3.31. The van der Waals surface area contributed by atoms with E-state index in [9.17, 15) is 4.79 Å². The molecule has 3 N–H and O–H groups in total. The maximum atomic E-state index is 12.3. The molecule has 19 heavy (non-hydrogen) atoms. The fourth-order valence-corrected chi connectivity index (χ4v) is 3.80. The van der Waals surface area contributed by atoms with Gasteiger partial charge in [0.25, 0.3) is 0 Å². The number of thiocarbonyl (C=S) groups is 1. The first-order valence-corrected chi connectivity index (χ1v) is 8.16. The predicted molar refractivity (Wildman–Crippen MR) is 88.8 cm³/mol. The fourth-order valence-electron chi connectivity index (χ4n) is 1.98. The molecule has 3 nitrogen and oxygen atoms in total. The Hall–Kier alpha value is -0.590. The van der Waals surface area contributed by atoms with Crippen LogP contribution in [-0.4, -0.2) is 21.4 Å². The molecule has 0 aromatic heterocycles. The molecule has 0 bridgehead atoms. The van der Waals surface area contributed by atoms with Crippen molar-refractivity contribution in [2.75, 3.05) is 11.1 Å². The Kier molecular flexibility index (Phi) is 4.53. The van der Waals surface area contributed by atoms with Gasteiger partial charge in [0, 0.05) is 10.0 Å². The van der Waals surface area contributed by atoms with Crippen molar-refractivity contribution in [2.45, 2.75) is 24.5 Å². The summed E-state index contributed by atoms with van der Waals surface area (Å²) in [5, 5.41) is 2.97. The number of hydrogen-bond donors (Lipinski definition) is 2. The number of rotatable bonds is 3. The number of halogens is 1. The molecule has 0 aliphatic carbocycles. The van der Waals surface area contributed by atoms with Crippen molar-refractivity contribution in [3.8, 4) is 0 Å². The Morgan fingerprint density at radius 1 is 1.58 bits per heavy atom. The summed E-state index contributed by atoms with van der Waals surface area (Å²) >= 11 is 10.1. The second-order valence-electron chi connectivity index (χ2n) is 4.70. The topological polar surface area (TPSA) is 55.1 Å². The summed E-state index contributed by atoms with van der Waals surface area (Å²) in [6.45, 7) is 2.00. The van der Waals surface area contributed by atoms with Crippen LogP contribution in [0.5, 0.6) is 0 Å². The minimum absolute atomic E-state index is 0.0544. The zero-order chi connectivity index (χ0) is 14.0. The minimum Gasteiger partial charge on any atom is -0.389 e. The van der Waals surface area contributed by atoms with Gasteiger partial charge in [0.2, 0.25) is 5.91 Å². The normalized spacial score (nSPS) is 22.2. The van der Waals surface area contributed by atoms with Gasteiger partial charge in [-0.15, -0.1) is 11.8 Å². The highest BCUT2D eigenvalue weighted by atomic mass is 79.9. The van der Waals surface area contributed by atoms with E-state index in [4.69, 9.17) is 18.0 Å². The zero-order valence-corrected chi connectivity index (χ0v) is 13.8.